The molecule has 2 aliphatic rings. The number of ketones is 1. The topological polar surface area (TPSA) is 78.4 Å². The lowest BCUT2D eigenvalue weighted by Crippen LogP contribution is -2.21. The molecule has 20 heavy (non-hydrogen) atoms. The van der Waals surface area contributed by atoms with E-state index < -0.39 is 5.97 Å². The van der Waals surface area contributed by atoms with E-state index in [4.69, 9.17) is 5.11 Å². The summed E-state index contributed by atoms with van der Waals surface area (Å²) in [5, 5.41) is 15.0. The largest absolute Gasteiger partial charge is 0.481 e. The summed E-state index contributed by atoms with van der Waals surface area (Å²) >= 11 is 0. The zero-order valence-corrected chi connectivity index (χ0v) is 12.8. The van der Waals surface area contributed by atoms with Crippen molar-refractivity contribution in [1.82, 2.24) is 10.6 Å². The number of aliphatic carboxylic acids is 1. The number of carbonyl (C=O) groups excluding carboxylic acids is 1. The van der Waals surface area contributed by atoms with Crippen LogP contribution in [0.25, 0.3) is 0 Å². The first kappa shape index (κ1) is 17.1. The van der Waals surface area contributed by atoms with Crippen molar-refractivity contribution in [3.63, 3.8) is 0 Å². The summed E-state index contributed by atoms with van der Waals surface area (Å²) in [5.74, 6) is 0.777. The Bertz CT molecular complexity index is 301. The van der Waals surface area contributed by atoms with E-state index in [-0.39, 0.29) is 5.92 Å². The van der Waals surface area contributed by atoms with Crippen molar-refractivity contribution in [3.05, 3.63) is 0 Å². The molecule has 5 heteroatoms. The normalized spacial score (nSPS) is 32.5. The molecule has 3 N–H and O–H groups in total. The Morgan fingerprint density at radius 1 is 0.950 bits per heavy atom. The molecular formula is C15H28N2O3. The molecule has 0 aromatic rings. The minimum absolute atomic E-state index is 0.148. The fraction of sp³-hybridized carbons (Fsp3) is 0.867. The molecule has 2 aliphatic heterocycles. The number of hydrogen-bond donors (Lipinski definition) is 3. The van der Waals surface area contributed by atoms with Crippen LogP contribution in [0.4, 0.5) is 0 Å². The standard InChI is InChI=1S/C8H15NO.C7H13NO2/c1-3-7-4-9-5-8(7)6(2)10;1-2-5-3-8-4-6(5)7(9)10/h7-9H,3-5H2,1-2H3;5-6,8H,2-4H2,1H3,(H,9,10). The van der Waals surface area contributed by atoms with Crippen LogP contribution in [0.15, 0.2) is 0 Å². The van der Waals surface area contributed by atoms with Gasteiger partial charge >= 0.3 is 5.97 Å². The van der Waals surface area contributed by atoms with Gasteiger partial charge in [-0.05, 0) is 31.8 Å². The fourth-order valence-electron chi connectivity index (χ4n) is 3.09. The predicted molar refractivity (Wildman–Crippen MR) is 78.6 cm³/mol. The maximum atomic E-state index is 11.0. The van der Waals surface area contributed by atoms with Gasteiger partial charge in [-0.1, -0.05) is 26.7 Å². The second kappa shape index (κ2) is 8.37. The molecule has 0 saturated carbocycles. The van der Waals surface area contributed by atoms with Gasteiger partial charge in [0.15, 0.2) is 0 Å². The van der Waals surface area contributed by atoms with Gasteiger partial charge in [0.1, 0.15) is 5.78 Å². The molecule has 2 fully saturated rings. The van der Waals surface area contributed by atoms with Crippen molar-refractivity contribution >= 4 is 11.8 Å². The Hall–Kier alpha value is -0.940. The van der Waals surface area contributed by atoms with Crippen molar-refractivity contribution < 1.29 is 14.7 Å². The molecule has 4 unspecified atom stereocenters. The van der Waals surface area contributed by atoms with Crippen molar-refractivity contribution in [2.45, 2.75) is 33.6 Å². The molecule has 0 spiro atoms. The summed E-state index contributed by atoms with van der Waals surface area (Å²) in [6.07, 6.45) is 2.08. The second-order valence-electron chi connectivity index (χ2n) is 5.82. The predicted octanol–water partition coefficient (Wildman–Crippen LogP) is 1.14. The van der Waals surface area contributed by atoms with Crippen LogP contribution in [-0.2, 0) is 9.59 Å². The molecule has 4 atom stereocenters. The molecular weight excluding hydrogens is 256 g/mol. The van der Waals surface area contributed by atoms with Crippen molar-refractivity contribution in [1.29, 1.82) is 0 Å². The first-order valence-electron chi connectivity index (χ1n) is 7.65. The van der Waals surface area contributed by atoms with E-state index in [2.05, 4.69) is 17.6 Å². The van der Waals surface area contributed by atoms with Crippen LogP contribution in [0, 0.1) is 23.7 Å². The molecule has 0 radical (unpaired) electrons. The maximum absolute atomic E-state index is 11.0. The Balaban J connectivity index is 0.000000200. The Morgan fingerprint density at radius 3 is 1.70 bits per heavy atom. The smallest absolute Gasteiger partial charge is 0.308 e. The van der Waals surface area contributed by atoms with Crippen LogP contribution in [0.2, 0.25) is 0 Å². The van der Waals surface area contributed by atoms with Crippen molar-refractivity contribution in [2.24, 2.45) is 23.7 Å². The van der Waals surface area contributed by atoms with E-state index in [9.17, 15) is 9.59 Å². The lowest BCUT2D eigenvalue weighted by molar-refractivity contribution is -0.142. The molecule has 0 aromatic carbocycles. The van der Waals surface area contributed by atoms with Crippen molar-refractivity contribution in [2.75, 3.05) is 26.2 Å². The monoisotopic (exact) mass is 284 g/mol. The van der Waals surface area contributed by atoms with E-state index in [1.54, 1.807) is 6.92 Å². The highest BCUT2D eigenvalue weighted by Crippen LogP contribution is 2.20. The molecule has 2 saturated heterocycles. The fourth-order valence-corrected chi connectivity index (χ4v) is 3.09. The van der Waals surface area contributed by atoms with Gasteiger partial charge in [-0.25, -0.2) is 0 Å². The number of carboxylic acids is 1. The third kappa shape index (κ3) is 4.56. The molecule has 5 nitrogen and oxygen atoms in total. The number of Topliss-reactive ketones (excluding diaryl/α,β-unsaturated/α-hetero) is 1. The molecule has 116 valence electrons. The van der Waals surface area contributed by atoms with Gasteiger partial charge in [0.25, 0.3) is 0 Å². The van der Waals surface area contributed by atoms with E-state index in [1.807, 2.05) is 6.92 Å². The number of carboxylic acid groups (broad SMARTS) is 1. The summed E-state index contributed by atoms with van der Waals surface area (Å²) in [6.45, 7) is 9.32. The average Bonchev–Trinajstić information content (AvgIpc) is 3.07. The first-order valence-corrected chi connectivity index (χ1v) is 7.65. The van der Waals surface area contributed by atoms with Crippen LogP contribution < -0.4 is 10.6 Å². The summed E-state index contributed by atoms with van der Waals surface area (Å²) in [5.41, 5.74) is 0. The van der Waals surface area contributed by atoms with Gasteiger partial charge in [0, 0.05) is 19.0 Å². The van der Waals surface area contributed by atoms with Gasteiger partial charge in [-0.2, -0.15) is 0 Å². The Morgan fingerprint density at radius 2 is 1.40 bits per heavy atom. The molecule has 2 rings (SSSR count). The lowest BCUT2D eigenvalue weighted by atomic mass is 9.91. The highest BCUT2D eigenvalue weighted by atomic mass is 16.4. The van der Waals surface area contributed by atoms with E-state index >= 15 is 0 Å². The van der Waals surface area contributed by atoms with Gasteiger partial charge in [-0.3, -0.25) is 9.59 Å². The molecule has 0 bridgehead atoms. The third-order valence-corrected chi connectivity index (χ3v) is 4.57. The molecule has 2 heterocycles. The van der Waals surface area contributed by atoms with Crippen LogP contribution in [-0.4, -0.2) is 43.0 Å². The van der Waals surface area contributed by atoms with Crippen LogP contribution in [0.1, 0.15) is 33.6 Å². The Kier molecular flexibility index (Phi) is 7.16. The first-order chi connectivity index (χ1) is 9.51. The quantitative estimate of drug-likeness (QED) is 0.721. The van der Waals surface area contributed by atoms with E-state index in [0.29, 0.717) is 30.1 Å². The minimum Gasteiger partial charge on any atom is -0.481 e. The third-order valence-electron chi connectivity index (χ3n) is 4.57. The summed E-state index contributed by atoms with van der Waals surface area (Å²) in [4.78, 5) is 21.5. The lowest BCUT2D eigenvalue weighted by Gasteiger charge is -2.11. The van der Waals surface area contributed by atoms with Gasteiger partial charge in [0.2, 0.25) is 0 Å². The van der Waals surface area contributed by atoms with E-state index in [1.165, 1.54) is 0 Å². The summed E-state index contributed by atoms with van der Waals surface area (Å²) in [7, 11) is 0. The average molecular weight is 284 g/mol. The second-order valence-corrected chi connectivity index (χ2v) is 5.82. The van der Waals surface area contributed by atoms with Crippen LogP contribution >= 0.6 is 0 Å². The summed E-state index contributed by atoms with van der Waals surface area (Å²) < 4.78 is 0. The van der Waals surface area contributed by atoms with E-state index in [0.717, 1.165) is 32.5 Å². The highest BCUT2D eigenvalue weighted by molar-refractivity contribution is 5.79. The number of nitrogens with one attached hydrogen (secondary N) is 2. The molecule has 0 aromatic heterocycles. The summed E-state index contributed by atoms with van der Waals surface area (Å²) in [6, 6.07) is 0. The Labute approximate surface area is 121 Å². The highest BCUT2D eigenvalue weighted by Gasteiger charge is 2.31. The van der Waals surface area contributed by atoms with Crippen LogP contribution in [0.3, 0.4) is 0 Å². The van der Waals surface area contributed by atoms with Gasteiger partial charge in [0.05, 0.1) is 5.92 Å². The maximum Gasteiger partial charge on any atom is 0.308 e. The van der Waals surface area contributed by atoms with Gasteiger partial charge in [-0.15, -0.1) is 0 Å². The number of rotatable bonds is 4. The number of hydrogen-bond acceptors (Lipinski definition) is 4. The number of carbonyl (C=O) groups is 2. The SMILES string of the molecule is CCC1CNCC1C(=O)O.CCC1CNCC1C(C)=O. The van der Waals surface area contributed by atoms with Crippen LogP contribution in [0.5, 0.6) is 0 Å². The van der Waals surface area contributed by atoms with Crippen molar-refractivity contribution in [3.8, 4) is 0 Å². The zero-order valence-electron chi connectivity index (χ0n) is 12.8. The molecule has 0 aliphatic carbocycles. The zero-order chi connectivity index (χ0) is 15.1. The minimum atomic E-state index is -0.656. The van der Waals surface area contributed by atoms with Gasteiger partial charge < -0.3 is 15.7 Å². The molecule has 0 amide bonds.